The first-order valence-electron chi connectivity index (χ1n) is 6.11. The molecule has 0 heterocycles. The van der Waals surface area contributed by atoms with Crippen LogP contribution in [0.25, 0.3) is 0 Å². The number of esters is 1. The molecule has 0 amide bonds. The summed E-state index contributed by atoms with van der Waals surface area (Å²) in [6.07, 6.45) is 8.19. The van der Waals surface area contributed by atoms with Gasteiger partial charge in [0.15, 0.2) is 0 Å². The molecule has 2 aliphatic rings. The van der Waals surface area contributed by atoms with Crippen LogP contribution in [-0.4, -0.2) is 36.7 Å². The molecule has 92 valence electrons. The number of hydrogen-bond donors (Lipinski definition) is 1. The standard InChI is InChI=1S/C12H21NO2S/c1-15-12(14)11(8-3-4-8)13-9-5-6-10(7-9)16-2/h8-11,13H,3-7H2,1-2H3. The van der Waals surface area contributed by atoms with E-state index < -0.39 is 0 Å². The van der Waals surface area contributed by atoms with Crippen LogP contribution in [0.1, 0.15) is 32.1 Å². The van der Waals surface area contributed by atoms with E-state index in [-0.39, 0.29) is 12.0 Å². The van der Waals surface area contributed by atoms with E-state index in [1.165, 1.54) is 39.2 Å². The Bertz CT molecular complexity index is 255. The Morgan fingerprint density at radius 2 is 2.12 bits per heavy atom. The molecule has 3 atom stereocenters. The average molecular weight is 243 g/mol. The van der Waals surface area contributed by atoms with Crippen molar-refractivity contribution in [1.82, 2.24) is 5.32 Å². The summed E-state index contributed by atoms with van der Waals surface area (Å²) in [7, 11) is 1.48. The molecule has 2 aliphatic carbocycles. The van der Waals surface area contributed by atoms with Crippen molar-refractivity contribution in [2.75, 3.05) is 13.4 Å². The maximum Gasteiger partial charge on any atom is 0.323 e. The van der Waals surface area contributed by atoms with Gasteiger partial charge in [0.25, 0.3) is 0 Å². The summed E-state index contributed by atoms with van der Waals surface area (Å²) >= 11 is 1.95. The zero-order valence-electron chi connectivity index (χ0n) is 10.1. The summed E-state index contributed by atoms with van der Waals surface area (Å²) in [5.41, 5.74) is 0. The van der Waals surface area contributed by atoms with Crippen LogP contribution in [0.4, 0.5) is 0 Å². The van der Waals surface area contributed by atoms with Crippen LogP contribution in [0.5, 0.6) is 0 Å². The van der Waals surface area contributed by atoms with Crippen molar-refractivity contribution in [2.45, 2.75) is 49.4 Å². The summed E-state index contributed by atoms with van der Waals surface area (Å²) in [6.45, 7) is 0. The highest BCUT2D eigenvalue weighted by atomic mass is 32.2. The van der Waals surface area contributed by atoms with E-state index in [4.69, 9.17) is 4.74 Å². The van der Waals surface area contributed by atoms with Crippen LogP contribution < -0.4 is 5.32 Å². The number of nitrogens with one attached hydrogen (secondary N) is 1. The third kappa shape index (κ3) is 2.92. The lowest BCUT2D eigenvalue weighted by atomic mass is 10.1. The molecule has 0 aromatic carbocycles. The molecule has 0 aromatic rings. The van der Waals surface area contributed by atoms with Gasteiger partial charge in [-0.3, -0.25) is 4.79 Å². The molecule has 0 saturated heterocycles. The van der Waals surface area contributed by atoms with Crippen LogP contribution in [0, 0.1) is 5.92 Å². The predicted octanol–water partition coefficient (Wildman–Crippen LogP) is 1.81. The van der Waals surface area contributed by atoms with E-state index in [1.807, 2.05) is 11.8 Å². The third-order valence-electron chi connectivity index (χ3n) is 3.68. The zero-order chi connectivity index (χ0) is 11.5. The van der Waals surface area contributed by atoms with Gasteiger partial charge in [-0.2, -0.15) is 11.8 Å². The number of ether oxygens (including phenoxy) is 1. The molecule has 0 radical (unpaired) electrons. The molecule has 16 heavy (non-hydrogen) atoms. The number of carbonyl (C=O) groups excluding carboxylic acids is 1. The maximum absolute atomic E-state index is 11.6. The summed E-state index contributed by atoms with van der Waals surface area (Å²) in [4.78, 5) is 11.6. The molecule has 2 saturated carbocycles. The second kappa shape index (κ2) is 5.41. The molecule has 3 nitrogen and oxygen atoms in total. The van der Waals surface area contributed by atoms with Gasteiger partial charge in [0.1, 0.15) is 6.04 Å². The van der Waals surface area contributed by atoms with Gasteiger partial charge in [0, 0.05) is 11.3 Å². The molecule has 0 bridgehead atoms. The Morgan fingerprint density at radius 3 is 2.62 bits per heavy atom. The Labute approximate surface area is 102 Å². The van der Waals surface area contributed by atoms with Gasteiger partial charge in [-0.1, -0.05) is 0 Å². The quantitative estimate of drug-likeness (QED) is 0.747. The minimum absolute atomic E-state index is 0.0457. The van der Waals surface area contributed by atoms with Crippen molar-refractivity contribution in [3.8, 4) is 0 Å². The Kier molecular flexibility index (Phi) is 4.14. The van der Waals surface area contributed by atoms with Gasteiger partial charge < -0.3 is 10.1 Å². The number of hydrogen-bond acceptors (Lipinski definition) is 4. The molecular weight excluding hydrogens is 222 g/mol. The lowest BCUT2D eigenvalue weighted by Crippen LogP contribution is -2.44. The fraction of sp³-hybridized carbons (Fsp3) is 0.917. The molecular formula is C12H21NO2S. The highest BCUT2D eigenvalue weighted by molar-refractivity contribution is 7.99. The summed E-state index contributed by atoms with van der Waals surface area (Å²) in [5.74, 6) is 0.455. The molecule has 4 heteroatoms. The maximum atomic E-state index is 11.6. The second-order valence-electron chi connectivity index (χ2n) is 4.87. The fourth-order valence-corrected chi connectivity index (χ4v) is 3.31. The van der Waals surface area contributed by atoms with Crippen molar-refractivity contribution in [3.05, 3.63) is 0 Å². The van der Waals surface area contributed by atoms with Gasteiger partial charge in [-0.15, -0.1) is 0 Å². The average Bonchev–Trinajstić information content (AvgIpc) is 3.04. The lowest BCUT2D eigenvalue weighted by molar-refractivity contribution is -0.144. The molecule has 0 aromatic heterocycles. The highest BCUT2D eigenvalue weighted by Gasteiger charge is 2.39. The van der Waals surface area contributed by atoms with Crippen LogP contribution in [0.2, 0.25) is 0 Å². The van der Waals surface area contributed by atoms with Gasteiger partial charge in [-0.25, -0.2) is 0 Å². The van der Waals surface area contributed by atoms with Crippen molar-refractivity contribution < 1.29 is 9.53 Å². The van der Waals surface area contributed by atoms with E-state index in [0.29, 0.717) is 12.0 Å². The van der Waals surface area contributed by atoms with Gasteiger partial charge in [-0.05, 0) is 44.3 Å². The van der Waals surface area contributed by atoms with Crippen LogP contribution in [-0.2, 0) is 9.53 Å². The molecule has 0 spiro atoms. The van der Waals surface area contributed by atoms with Gasteiger partial charge in [0.05, 0.1) is 7.11 Å². The third-order valence-corrected chi connectivity index (χ3v) is 4.78. The lowest BCUT2D eigenvalue weighted by Gasteiger charge is -2.20. The number of methoxy groups -OCH3 is 1. The summed E-state index contributed by atoms with van der Waals surface area (Å²) in [6, 6.07) is 0.470. The molecule has 2 rings (SSSR count). The number of thioether (sulfide) groups is 1. The smallest absolute Gasteiger partial charge is 0.323 e. The minimum Gasteiger partial charge on any atom is -0.468 e. The van der Waals surface area contributed by atoms with Crippen molar-refractivity contribution in [2.24, 2.45) is 5.92 Å². The Hall–Kier alpha value is -0.220. The van der Waals surface area contributed by atoms with E-state index in [0.717, 1.165) is 5.25 Å². The van der Waals surface area contributed by atoms with E-state index in [2.05, 4.69) is 11.6 Å². The normalized spacial score (nSPS) is 31.4. The molecule has 0 aliphatic heterocycles. The van der Waals surface area contributed by atoms with Crippen LogP contribution >= 0.6 is 11.8 Å². The summed E-state index contributed by atoms with van der Waals surface area (Å²) in [5, 5.41) is 4.28. The van der Waals surface area contributed by atoms with Crippen molar-refractivity contribution >= 4 is 17.7 Å². The first kappa shape index (κ1) is 12.2. The van der Waals surface area contributed by atoms with Crippen LogP contribution in [0.15, 0.2) is 0 Å². The molecule has 1 N–H and O–H groups in total. The van der Waals surface area contributed by atoms with Crippen molar-refractivity contribution in [3.63, 3.8) is 0 Å². The highest BCUT2D eigenvalue weighted by Crippen LogP contribution is 2.35. The monoisotopic (exact) mass is 243 g/mol. The Balaban J connectivity index is 1.84. The van der Waals surface area contributed by atoms with Gasteiger partial charge >= 0.3 is 5.97 Å². The zero-order valence-corrected chi connectivity index (χ0v) is 10.9. The van der Waals surface area contributed by atoms with E-state index in [9.17, 15) is 4.79 Å². The van der Waals surface area contributed by atoms with Crippen molar-refractivity contribution in [1.29, 1.82) is 0 Å². The van der Waals surface area contributed by atoms with E-state index in [1.54, 1.807) is 0 Å². The number of rotatable bonds is 5. The molecule has 3 unspecified atom stereocenters. The summed E-state index contributed by atoms with van der Waals surface area (Å²) < 4.78 is 4.87. The van der Waals surface area contributed by atoms with Gasteiger partial charge in [0.2, 0.25) is 0 Å². The van der Waals surface area contributed by atoms with E-state index >= 15 is 0 Å². The number of carbonyl (C=O) groups is 1. The molecule has 2 fully saturated rings. The second-order valence-corrected chi connectivity index (χ2v) is 6.01. The first-order chi connectivity index (χ1) is 7.74. The minimum atomic E-state index is -0.0740. The topological polar surface area (TPSA) is 38.3 Å². The largest absolute Gasteiger partial charge is 0.468 e. The van der Waals surface area contributed by atoms with Crippen LogP contribution in [0.3, 0.4) is 0 Å². The predicted molar refractivity (Wildman–Crippen MR) is 66.6 cm³/mol. The fourth-order valence-electron chi connectivity index (χ4n) is 2.51. The SMILES string of the molecule is COC(=O)C(NC1CCC(SC)C1)C1CC1. The first-order valence-corrected chi connectivity index (χ1v) is 7.40. The Morgan fingerprint density at radius 1 is 1.38 bits per heavy atom.